The van der Waals surface area contributed by atoms with E-state index in [0.717, 1.165) is 30.8 Å². The number of benzene rings is 1. The summed E-state index contributed by atoms with van der Waals surface area (Å²) in [6.45, 7) is 2.09. The number of carboxylic acids is 1. The summed E-state index contributed by atoms with van der Waals surface area (Å²) in [7, 11) is 4.01. The van der Waals surface area contributed by atoms with E-state index in [-0.39, 0.29) is 10.7 Å². The van der Waals surface area contributed by atoms with Gasteiger partial charge in [-0.05, 0) is 45.7 Å². The molecule has 2 aromatic rings. The Balaban J connectivity index is 2.17. The first-order chi connectivity index (χ1) is 10.0. The molecule has 0 bridgehead atoms. The minimum Gasteiger partial charge on any atom is -0.477 e. The molecule has 0 spiro atoms. The highest BCUT2D eigenvalue weighted by atomic mass is 32.1. The van der Waals surface area contributed by atoms with E-state index < -0.39 is 5.97 Å². The molecule has 21 heavy (non-hydrogen) atoms. The Kier molecular flexibility index (Phi) is 5.27. The molecule has 0 aliphatic rings. The number of hydrogen-bond donors (Lipinski definition) is 2. The number of aromatic carboxylic acids is 1. The molecule has 0 atom stereocenters. The molecule has 0 saturated carbocycles. The SMILES string of the molecule is CN(C)CCCNCc1c(C(=O)O)sc2cccc(F)c12. The zero-order valence-corrected chi connectivity index (χ0v) is 13.0. The van der Waals surface area contributed by atoms with Crippen molar-refractivity contribution in [1.29, 1.82) is 0 Å². The second-order valence-electron chi connectivity index (χ2n) is 5.16. The molecule has 0 radical (unpaired) electrons. The Morgan fingerprint density at radius 3 is 2.86 bits per heavy atom. The van der Waals surface area contributed by atoms with Gasteiger partial charge in [0.05, 0.1) is 0 Å². The van der Waals surface area contributed by atoms with Crippen LogP contribution in [0.5, 0.6) is 0 Å². The van der Waals surface area contributed by atoms with Gasteiger partial charge in [0.15, 0.2) is 0 Å². The average Bonchev–Trinajstić information content (AvgIpc) is 2.78. The summed E-state index contributed by atoms with van der Waals surface area (Å²) in [6, 6.07) is 4.73. The van der Waals surface area contributed by atoms with Crippen LogP contribution in [0.2, 0.25) is 0 Å². The van der Waals surface area contributed by atoms with Crippen LogP contribution in [0.1, 0.15) is 21.7 Å². The molecule has 0 aliphatic heterocycles. The normalized spacial score (nSPS) is 11.4. The molecule has 0 amide bonds. The Bertz CT molecular complexity index is 640. The van der Waals surface area contributed by atoms with E-state index in [1.807, 2.05) is 14.1 Å². The Morgan fingerprint density at radius 2 is 2.19 bits per heavy atom. The lowest BCUT2D eigenvalue weighted by atomic mass is 10.1. The maximum Gasteiger partial charge on any atom is 0.346 e. The van der Waals surface area contributed by atoms with Crippen molar-refractivity contribution in [2.24, 2.45) is 0 Å². The van der Waals surface area contributed by atoms with Crippen LogP contribution in [0.25, 0.3) is 10.1 Å². The highest BCUT2D eigenvalue weighted by Gasteiger charge is 2.19. The largest absolute Gasteiger partial charge is 0.477 e. The average molecular weight is 310 g/mol. The van der Waals surface area contributed by atoms with E-state index in [1.54, 1.807) is 12.1 Å². The Hall–Kier alpha value is -1.50. The van der Waals surface area contributed by atoms with Gasteiger partial charge in [-0.1, -0.05) is 6.07 Å². The van der Waals surface area contributed by atoms with E-state index in [9.17, 15) is 14.3 Å². The molecule has 6 heteroatoms. The second-order valence-corrected chi connectivity index (χ2v) is 6.21. The van der Waals surface area contributed by atoms with Gasteiger partial charge in [0.1, 0.15) is 10.7 Å². The van der Waals surface area contributed by atoms with Crippen molar-refractivity contribution in [3.05, 3.63) is 34.5 Å². The van der Waals surface area contributed by atoms with Crippen molar-refractivity contribution in [2.75, 3.05) is 27.2 Å². The maximum atomic E-state index is 14.0. The molecular weight excluding hydrogens is 291 g/mol. The van der Waals surface area contributed by atoms with Crippen LogP contribution < -0.4 is 5.32 Å². The monoisotopic (exact) mass is 310 g/mol. The number of carboxylic acid groups (broad SMARTS) is 1. The molecule has 0 fully saturated rings. The number of nitrogens with zero attached hydrogens (tertiary/aromatic N) is 1. The van der Waals surface area contributed by atoms with Crippen molar-refractivity contribution < 1.29 is 14.3 Å². The molecule has 0 unspecified atom stereocenters. The van der Waals surface area contributed by atoms with Gasteiger partial charge in [-0.15, -0.1) is 11.3 Å². The van der Waals surface area contributed by atoms with Crippen molar-refractivity contribution in [2.45, 2.75) is 13.0 Å². The summed E-state index contributed by atoms with van der Waals surface area (Å²) in [4.78, 5) is 13.6. The van der Waals surface area contributed by atoms with Crippen molar-refractivity contribution in [3.63, 3.8) is 0 Å². The van der Waals surface area contributed by atoms with E-state index in [1.165, 1.54) is 6.07 Å². The second kappa shape index (κ2) is 6.98. The van der Waals surface area contributed by atoms with Crippen LogP contribution >= 0.6 is 11.3 Å². The summed E-state index contributed by atoms with van der Waals surface area (Å²) in [5.41, 5.74) is 0.547. The third-order valence-corrected chi connectivity index (χ3v) is 4.40. The van der Waals surface area contributed by atoms with E-state index in [0.29, 0.717) is 22.2 Å². The minimum absolute atomic E-state index is 0.218. The first-order valence-corrected chi connectivity index (χ1v) is 7.61. The topological polar surface area (TPSA) is 52.6 Å². The lowest BCUT2D eigenvalue weighted by molar-refractivity contribution is 0.0701. The summed E-state index contributed by atoms with van der Waals surface area (Å²) < 4.78 is 14.7. The van der Waals surface area contributed by atoms with Gasteiger partial charge in [-0.2, -0.15) is 0 Å². The van der Waals surface area contributed by atoms with Crippen LogP contribution in [-0.4, -0.2) is 43.2 Å². The zero-order valence-electron chi connectivity index (χ0n) is 12.1. The number of hydrogen-bond acceptors (Lipinski definition) is 4. The molecular formula is C15H19FN2O2S. The van der Waals surface area contributed by atoms with Crippen LogP contribution in [0.3, 0.4) is 0 Å². The lowest BCUT2D eigenvalue weighted by Crippen LogP contribution is -2.21. The molecule has 1 heterocycles. The summed E-state index contributed by atoms with van der Waals surface area (Å²) in [5.74, 6) is -1.36. The number of carbonyl (C=O) groups is 1. The van der Waals surface area contributed by atoms with Gasteiger partial charge < -0.3 is 15.3 Å². The number of thiophene rings is 1. The summed E-state index contributed by atoms with van der Waals surface area (Å²) in [6.07, 6.45) is 0.958. The fraction of sp³-hybridized carbons (Fsp3) is 0.400. The van der Waals surface area contributed by atoms with E-state index >= 15 is 0 Å². The first-order valence-electron chi connectivity index (χ1n) is 6.79. The molecule has 1 aromatic heterocycles. The fourth-order valence-electron chi connectivity index (χ4n) is 2.24. The van der Waals surface area contributed by atoms with Gasteiger partial charge in [0.2, 0.25) is 0 Å². The minimum atomic E-state index is -0.999. The van der Waals surface area contributed by atoms with Gasteiger partial charge in [0.25, 0.3) is 0 Å². The molecule has 114 valence electrons. The third kappa shape index (κ3) is 3.78. The highest BCUT2D eigenvalue weighted by molar-refractivity contribution is 7.21. The maximum absolute atomic E-state index is 14.0. The molecule has 0 aliphatic carbocycles. The summed E-state index contributed by atoms with van der Waals surface area (Å²) >= 11 is 1.13. The van der Waals surface area contributed by atoms with E-state index in [2.05, 4.69) is 10.2 Å². The van der Waals surface area contributed by atoms with Crippen molar-refractivity contribution in [1.82, 2.24) is 10.2 Å². The van der Waals surface area contributed by atoms with Crippen LogP contribution in [0.4, 0.5) is 4.39 Å². The predicted molar refractivity (Wildman–Crippen MR) is 83.6 cm³/mol. The number of nitrogens with one attached hydrogen (secondary N) is 1. The third-order valence-electron chi connectivity index (χ3n) is 3.22. The quantitative estimate of drug-likeness (QED) is 0.772. The number of rotatable bonds is 7. The van der Waals surface area contributed by atoms with Gasteiger partial charge >= 0.3 is 5.97 Å². The molecule has 2 rings (SSSR count). The Labute approximate surface area is 127 Å². The molecule has 1 aromatic carbocycles. The van der Waals surface area contributed by atoms with Crippen molar-refractivity contribution >= 4 is 27.4 Å². The standard InChI is InChI=1S/C15H19FN2O2S/c1-18(2)8-4-7-17-9-10-13-11(16)5-3-6-12(13)21-14(10)15(19)20/h3,5-6,17H,4,7-9H2,1-2H3,(H,19,20). The molecule has 4 nitrogen and oxygen atoms in total. The fourth-order valence-corrected chi connectivity index (χ4v) is 3.32. The molecule has 2 N–H and O–H groups in total. The van der Waals surface area contributed by atoms with Crippen LogP contribution in [0.15, 0.2) is 18.2 Å². The summed E-state index contributed by atoms with van der Waals surface area (Å²) in [5, 5.41) is 12.9. The first kappa shape index (κ1) is 15.9. The van der Waals surface area contributed by atoms with Crippen LogP contribution in [-0.2, 0) is 6.54 Å². The van der Waals surface area contributed by atoms with Crippen molar-refractivity contribution in [3.8, 4) is 0 Å². The Morgan fingerprint density at radius 1 is 1.43 bits per heavy atom. The smallest absolute Gasteiger partial charge is 0.346 e. The van der Waals surface area contributed by atoms with Crippen LogP contribution in [0, 0.1) is 5.82 Å². The number of halogens is 1. The number of fused-ring (bicyclic) bond motifs is 1. The van der Waals surface area contributed by atoms with Gasteiger partial charge in [0, 0.05) is 22.2 Å². The predicted octanol–water partition coefficient (Wildman–Crippen LogP) is 2.78. The zero-order chi connectivity index (χ0) is 15.4. The molecule has 0 saturated heterocycles. The highest BCUT2D eigenvalue weighted by Crippen LogP contribution is 2.33. The van der Waals surface area contributed by atoms with E-state index in [4.69, 9.17) is 0 Å². The van der Waals surface area contributed by atoms with Gasteiger partial charge in [-0.25, -0.2) is 9.18 Å². The van der Waals surface area contributed by atoms with Gasteiger partial charge in [-0.3, -0.25) is 0 Å². The lowest BCUT2D eigenvalue weighted by Gasteiger charge is -2.10.